The summed E-state index contributed by atoms with van der Waals surface area (Å²) in [6, 6.07) is -0.256. The molecule has 5 atom stereocenters. The molecular weight excluding hydrogens is 344 g/mol. The number of rotatable bonds is 2. The first-order valence-corrected chi connectivity index (χ1v) is 10.3. The van der Waals surface area contributed by atoms with Crippen molar-refractivity contribution in [1.29, 1.82) is 0 Å². The molecule has 2 aliphatic heterocycles. The second-order valence-electron chi connectivity index (χ2n) is 10.2. The van der Waals surface area contributed by atoms with E-state index in [1.54, 1.807) is 4.90 Å². The number of carbonyl (C=O) groups is 3. The summed E-state index contributed by atoms with van der Waals surface area (Å²) in [4.78, 5) is 41.5. The highest BCUT2D eigenvalue weighted by atomic mass is 16.2. The quantitative estimate of drug-likeness (QED) is 0.711. The van der Waals surface area contributed by atoms with E-state index in [9.17, 15) is 14.4 Å². The van der Waals surface area contributed by atoms with Crippen molar-refractivity contribution in [3.05, 3.63) is 0 Å². The number of imide groups is 1. The highest BCUT2D eigenvalue weighted by molar-refractivity contribution is 6.09. The summed E-state index contributed by atoms with van der Waals surface area (Å²) in [6.45, 7) is 7.62. The number of fused-ring (bicyclic) bond motifs is 1. The molecule has 2 heterocycles. The number of hydrogen-bond donors (Lipinski definition) is 2. The number of carbonyl (C=O) groups excluding carboxylic acids is 3. The molecule has 0 aromatic carbocycles. The largest absolute Gasteiger partial charge is 0.341 e. The molecule has 4 amide bonds. The molecule has 7 nitrogen and oxygen atoms in total. The lowest BCUT2D eigenvalue weighted by atomic mass is 9.64. The van der Waals surface area contributed by atoms with Crippen molar-refractivity contribution in [3.63, 3.8) is 0 Å². The topological polar surface area (TPSA) is 95.7 Å². The fraction of sp³-hybridized carbons (Fsp3) is 0.850. The maximum Gasteiger partial charge on any atom is 0.325 e. The SMILES string of the molecule is CC1CC(C)(C)CC2(C1)NC(=O)N(CC(=O)N1CC3CCC(N)C3C1)C2=O. The highest BCUT2D eigenvalue weighted by Crippen LogP contribution is 2.46. The third-order valence-electron chi connectivity index (χ3n) is 7.18. The zero-order valence-corrected chi connectivity index (χ0v) is 16.7. The summed E-state index contributed by atoms with van der Waals surface area (Å²) in [5.74, 6) is 0.826. The van der Waals surface area contributed by atoms with Gasteiger partial charge in [0, 0.05) is 19.1 Å². The van der Waals surface area contributed by atoms with Crippen LogP contribution in [0.2, 0.25) is 0 Å². The lowest BCUT2D eigenvalue weighted by Crippen LogP contribution is -2.54. The van der Waals surface area contributed by atoms with Gasteiger partial charge >= 0.3 is 6.03 Å². The van der Waals surface area contributed by atoms with Crippen molar-refractivity contribution < 1.29 is 14.4 Å². The summed E-state index contributed by atoms with van der Waals surface area (Å²) < 4.78 is 0. The Morgan fingerprint density at radius 1 is 1.22 bits per heavy atom. The molecule has 7 heteroatoms. The Kier molecular flexibility index (Phi) is 4.29. The van der Waals surface area contributed by atoms with E-state index < -0.39 is 11.6 Å². The van der Waals surface area contributed by atoms with Crippen LogP contribution in [0.15, 0.2) is 0 Å². The van der Waals surface area contributed by atoms with E-state index in [0.717, 1.165) is 24.2 Å². The lowest BCUT2D eigenvalue weighted by molar-refractivity contribution is -0.140. The van der Waals surface area contributed by atoms with Crippen molar-refractivity contribution in [2.75, 3.05) is 19.6 Å². The molecule has 0 bridgehead atoms. The molecule has 0 radical (unpaired) electrons. The van der Waals surface area contributed by atoms with E-state index in [4.69, 9.17) is 5.73 Å². The van der Waals surface area contributed by atoms with E-state index in [-0.39, 0.29) is 29.8 Å². The minimum absolute atomic E-state index is 0.0108. The zero-order valence-electron chi connectivity index (χ0n) is 16.7. The predicted molar refractivity (Wildman–Crippen MR) is 101 cm³/mol. The molecule has 1 spiro atoms. The van der Waals surface area contributed by atoms with Gasteiger partial charge in [-0.3, -0.25) is 14.5 Å². The van der Waals surface area contributed by atoms with Crippen LogP contribution < -0.4 is 11.1 Å². The highest BCUT2D eigenvalue weighted by Gasteiger charge is 2.56. The Morgan fingerprint density at radius 3 is 2.63 bits per heavy atom. The fourth-order valence-electron chi connectivity index (χ4n) is 6.40. The average Bonchev–Trinajstić information content (AvgIpc) is 3.17. The van der Waals surface area contributed by atoms with Gasteiger partial charge in [0.2, 0.25) is 5.91 Å². The number of nitrogens with two attached hydrogens (primary N) is 1. The molecule has 2 saturated heterocycles. The zero-order chi connectivity index (χ0) is 19.6. The molecule has 0 aromatic heterocycles. The smallest absolute Gasteiger partial charge is 0.325 e. The van der Waals surface area contributed by atoms with Crippen molar-refractivity contribution >= 4 is 17.8 Å². The number of nitrogens with one attached hydrogen (secondary N) is 1. The van der Waals surface area contributed by atoms with Crippen molar-refractivity contribution in [3.8, 4) is 0 Å². The lowest BCUT2D eigenvalue weighted by Gasteiger charge is -2.43. The minimum Gasteiger partial charge on any atom is -0.341 e. The van der Waals surface area contributed by atoms with E-state index in [0.29, 0.717) is 43.7 Å². The first kappa shape index (κ1) is 18.7. The molecular formula is C20H32N4O3. The average molecular weight is 377 g/mol. The van der Waals surface area contributed by atoms with E-state index in [2.05, 4.69) is 26.1 Å². The third kappa shape index (κ3) is 3.13. The van der Waals surface area contributed by atoms with E-state index in [1.807, 2.05) is 0 Å². The molecule has 2 aliphatic carbocycles. The predicted octanol–water partition coefficient (Wildman–Crippen LogP) is 1.32. The van der Waals surface area contributed by atoms with Gasteiger partial charge in [-0.1, -0.05) is 20.8 Å². The Morgan fingerprint density at radius 2 is 1.96 bits per heavy atom. The summed E-state index contributed by atoms with van der Waals surface area (Å²) in [7, 11) is 0. The van der Waals surface area contributed by atoms with Gasteiger partial charge in [-0.2, -0.15) is 0 Å². The Labute approximate surface area is 161 Å². The van der Waals surface area contributed by atoms with Crippen LogP contribution in [0.4, 0.5) is 4.79 Å². The molecule has 4 aliphatic rings. The number of amides is 4. The van der Waals surface area contributed by atoms with Crippen LogP contribution in [0.25, 0.3) is 0 Å². The van der Waals surface area contributed by atoms with Crippen LogP contribution in [-0.4, -0.2) is 58.9 Å². The van der Waals surface area contributed by atoms with Gasteiger partial charge in [-0.15, -0.1) is 0 Å². The second-order valence-corrected chi connectivity index (χ2v) is 10.2. The fourth-order valence-corrected chi connectivity index (χ4v) is 6.40. The molecule has 4 fully saturated rings. The first-order valence-electron chi connectivity index (χ1n) is 10.3. The number of likely N-dealkylation sites (tertiary alicyclic amines) is 1. The maximum absolute atomic E-state index is 13.2. The monoisotopic (exact) mass is 376 g/mol. The summed E-state index contributed by atoms with van der Waals surface area (Å²) in [5.41, 5.74) is 5.30. The molecule has 27 heavy (non-hydrogen) atoms. The number of nitrogens with zero attached hydrogens (tertiary/aromatic N) is 2. The summed E-state index contributed by atoms with van der Waals surface area (Å²) in [6.07, 6.45) is 4.40. The van der Waals surface area contributed by atoms with Gasteiger partial charge < -0.3 is 16.0 Å². The van der Waals surface area contributed by atoms with Crippen molar-refractivity contribution in [2.24, 2.45) is 28.9 Å². The molecule has 5 unspecified atom stereocenters. The molecule has 0 aromatic rings. The van der Waals surface area contributed by atoms with E-state index >= 15 is 0 Å². The van der Waals surface area contributed by atoms with Gasteiger partial charge in [0.25, 0.3) is 5.91 Å². The van der Waals surface area contributed by atoms with Gasteiger partial charge in [-0.25, -0.2) is 4.79 Å². The van der Waals surface area contributed by atoms with Crippen LogP contribution in [0.1, 0.15) is 52.9 Å². The second kappa shape index (κ2) is 6.19. The van der Waals surface area contributed by atoms with Gasteiger partial charge in [-0.05, 0) is 55.3 Å². The van der Waals surface area contributed by atoms with E-state index in [1.165, 1.54) is 0 Å². The Balaban J connectivity index is 1.45. The van der Waals surface area contributed by atoms with Crippen LogP contribution in [0.3, 0.4) is 0 Å². The first-order chi connectivity index (χ1) is 12.6. The van der Waals surface area contributed by atoms with Gasteiger partial charge in [0.05, 0.1) is 0 Å². The molecule has 3 N–H and O–H groups in total. The normalized spacial score (nSPS) is 40.6. The van der Waals surface area contributed by atoms with Crippen LogP contribution in [-0.2, 0) is 9.59 Å². The molecule has 2 saturated carbocycles. The Bertz CT molecular complexity index is 678. The van der Waals surface area contributed by atoms with Gasteiger partial charge in [0.15, 0.2) is 0 Å². The third-order valence-corrected chi connectivity index (χ3v) is 7.18. The standard InChI is InChI=1S/C20H32N4O3/c1-12-6-19(2,3)11-20(7-12)17(26)24(18(27)22-20)10-16(25)23-8-13-4-5-15(21)14(13)9-23/h12-15H,4-11,21H2,1-3H3,(H,22,27). The number of hydrogen-bond acceptors (Lipinski definition) is 4. The minimum atomic E-state index is -0.845. The van der Waals surface area contributed by atoms with Gasteiger partial charge in [0.1, 0.15) is 12.1 Å². The van der Waals surface area contributed by atoms with Crippen LogP contribution in [0.5, 0.6) is 0 Å². The van der Waals surface area contributed by atoms with Crippen LogP contribution in [0, 0.1) is 23.2 Å². The van der Waals surface area contributed by atoms with Crippen LogP contribution >= 0.6 is 0 Å². The maximum atomic E-state index is 13.2. The molecule has 4 rings (SSSR count). The van der Waals surface area contributed by atoms with Crippen molar-refractivity contribution in [1.82, 2.24) is 15.1 Å². The Hall–Kier alpha value is -1.63. The summed E-state index contributed by atoms with van der Waals surface area (Å²) in [5, 5.41) is 2.94. The van der Waals surface area contributed by atoms with Crippen molar-refractivity contribution in [2.45, 2.75) is 64.5 Å². The molecule has 150 valence electrons. The summed E-state index contributed by atoms with van der Waals surface area (Å²) >= 11 is 0. The number of urea groups is 1.